The monoisotopic (exact) mass is 432 g/mol. The van der Waals surface area contributed by atoms with Gasteiger partial charge in [-0.15, -0.1) is 0 Å². The molecule has 0 radical (unpaired) electrons. The summed E-state index contributed by atoms with van der Waals surface area (Å²) >= 11 is 0. The van der Waals surface area contributed by atoms with Gasteiger partial charge in [-0.2, -0.15) is 13.2 Å². The van der Waals surface area contributed by atoms with Gasteiger partial charge in [-0.1, -0.05) is 38.0 Å². The minimum absolute atomic E-state index is 0.116. The lowest BCUT2D eigenvalue weighted by atomic mass is 9.47. The summed E-state index contributed by atoms with van der Waals surface area (Å²) in [5.41, 5.74) is -1.30. The topological polar surface area (TPSA) is 68.2 Å². The van der Waals surface area contributed by atoms with Gasteiger partial charge in [0.15, 0.2) is 0 Å². The highest BCUT2D eigenvalue weighted by molar-refractivity contribution is 5.27. The van der Waals surface area contributed by atoms with Crippen molar-refractivity contribution in [3.8, 4) is 11.8 Å². The Bertz CT molecular complexity index is 674. The van der Waals surface area contributed by atoms with Crippen molar-refractivity contribution < 1.29 is 37.6 Å². The smallest absolute Gasteiger partial charge is 0.392 e. The van der Waals surface area contributed by atoms with Gasteiger partial charge in [0.1, 0.15) is 18.3 Å². The second-order valence-corrected chi connectivity index (χ2v) is 9.24. The summed E-state index contributed by atoms with van der Waals surface area (Å²) in [7, 11) is 0. The summed E-state index contributed by atoms with van der Waals surface area (Å²) in [4.78, 5) is 0. The third-order valence-electron chi connectivity index (χ3n) is 7.58. The first-order chi connectivity index (χ1) is 14.2. The average molecular weight is 432 g/mol. The minimum atomic E-state index is -4.48. The van der Waals surface area contributed by atoms with Crippen LogP contribution in [-0.2, 0) is 14.2 Å². The molecule has 6 atom stereocenters. The first-order valence-electron chi connectivity index (χ1n) is 11.1. The van der Waals surface area contributed by atoms with Gasteiger partial charge in [-0.05, 0) is 31.6 Å². The maximum atomic E-state index is 13.0. The molecule has 4 fully saturated rings. The Labute approximate surface area is 175 Å². The molecule has 0 aromatic carbocycles. The van der Waals surface area contributed by atoms with Gasteiger partial charge >= 0.3 is 6.18 Å². The molecule has 4 rings (SSSR count). The van der Waals surface area contributed by atoms with E-state index in [4.69, 9.17) is 14.2 Å². The number of hydrogen-bond acceptors (Lipinski definition) is 5. The van der Waals surface area contributed by atoms with Crippen LogP contribution >= 0.6 is 0 Å². The highest BCUT2D eigenvalue weighted by atomic mass is 19.4. The number of alkyl halides is 3. The molecule has 1 aliphatic heterocycles. The van der Waals surface area contributed by atoms with E-state index in [0.29, 0.717) is 13.2 Å². The van der Waals surface area contributed by atoms with Gasteiger partial charge < -0.3 is 24.4 Å². The van der Waals surface area contributed by atoms with Crippen molar-refractivity contribution >= 4 is 0 Å². The van der Waals surface area contributed by atoms with Crippen LogP contribution in [0.4, 0.5) is 13.2 Å². The van der Waals surface area contributed by atoms with Crippen LogP contribution in [0.3, 0.4) is 0 Å². The molecular weight excluding hydrogens is 401 g/mol. The summed E-state index contributed by atoms with van der Waals surface area (Å²) < 4.78 is 56.3. The van der Waals surface area contributed by atoms with Crippen molar-refractivity contribution in [2.24, 2.45) is 23.7 Å². The minimum Gasteiger partial charge on any atom is -0.392 e. The number of ether oxygens (including phenoxy) is 3. The van der Waals surface area contributed by atoms with Crippen LogP contribution in [0.1, 0.15) is 51.9 Å². The van der Waals surface area contributed by atoms with Crippen LogP contribution in [0.2, 0.25) is 0 Å². The van der Waals surface area contributed by atoms with Crippen molar-refractivity contribution in [2.75, 3.05) is 19.8 Å². The maximum absolute atomic E-state index is 13.0. The second-order valence-electron chi connectivity index (χ2n) is 9.24. The molecule has 0 bridgehead atoms. The van der Waals surface area contributed by atoms with Crippen molar-refractivity contribution in [2.45, 2.75) is 81.6 Å². The van der Waals surface area contributed by atoms with E-state index in [9.17, 15) is 23.4 Å². The van der Waals surface area contributed by atoms with Crippen LogP contribution in [0.5, 0.6) is 0 Å². The number of aliphatic hydroxyl groups excluding tert-OH is 2. The standard InChI is InChI=1S/C22H31F3O5/c1-14-19-16(7-8-17(26)15-5-3-2-4-6-15)18(27)9-10-20(19,30-13-21(23,24)25)22(14)28-11-12-29-22/h14-19,26-27H,2-6,9-13H2,1H3/t14?,16-,17+,18+,19+,20+/m0/s1. The number of hydrogen-bond donors (Lipinski definition) is 2. The van der Waals surface area contributed by atoms with Crippen LogP contribution in [0.15, 0.2) is 0 Å². The molecule has 1 spiro atoms. The van der Waals surface area contributed by atoms with Crippen molar-refractivity contribution in [1.82, 2.24) is 0 Å². The summed E-state index contributed by atoms with van der Waals surface area (Å²) in [6.07, 6.45) is -0.444. The number of rotatable bonds is 3. The van der Waals surface area contributed by atoms with Gasteiger partial charge in [0.25, 0.3) is 0 Å². The van der Waals surface area contributed by atoms with Crippen molar-refractivity contribution in [3.63, 3.8) is 0 Å². The maximum Gasteiger partial charge on any atom is 0.411 e. The number of aliphatic hydroxyl groups is 2. The van der Waals surface area contributed by atoms with Crippen LogP contribution in [0.25, 0.3) is 0 Å². The van der Waals surface area contributed by atoms with Crippen LogP contribution in [-0.4, -0.2) is 59.8 Å². The second kappa shape index (κ2) is 8.25. The lowest BCUT2D eigenvalue weighted by molar-refractivity contribution is -0.426. The molecule has 8 heteroatoms. The van der Waals surface area contributed by atoms with E-state index < -0.39 is 48.2 Å². The summed E-state index contributed by atoms with van der Waals surface area (Å²) in [5, 5.41) is 21.2. The van der Waals surface area contributed by atoms with E-state index in [0.717, 1.165) is 25.7 Å². The fourth-order valence-corrected chi connectivity index (χ4v) is 6.24. The fraction of sp³-hybridized carbons (Fsp3) is 0.909. The molecule has 0 aromatic heterocycles. The molecule has 1 heterocycles. The van der Waals surface area contributed by atoms with Gasteiger partial charge in [0.2, 0.25) is 5.79 Å². The third kappa shape index (κ3) is 3.67. The van der Waals surface area contributed by atoms with Crippen LogP contribution < -0.4 is 0 Å². The highest BCUT2D eigenvalue weighted by Crippen LogP contribution is 2.65. The largest absolute Gasteiger partial charge is 0.411 e. The molecule has 1 unspecified atom stereocenters. The predicted octanol–water partition coefficient (Wildman–Crippen LogP) is 3.03. The van der Waals surface area contributed by atoms with Gasteiger partial charge in [-0.3, -0.25) is 0 Å². The zero-order chi connectivity index (χ0) is 21.6. The third-order valence-corrected chi connectivity index (χ3v) is 7.58. The SMILES string of the molecule is CC1[C@@H]2[C@@H](C#C[C@@H](O)C3CCCCC3)[C@H](O)CC[C@]2(OCC(F)(F)F)C12OCCO2. The van der Waals surface area contributed by atoms with E-state index >= 15 is 0 Å². The van der Waals surface area contributed by atoms with E-state index in [1.807, 2.05) is 6.92 Å². The number of fused-ring (bicyclic) bond motifs is 2. The van der Waals surface area contributed by atoms with Gasteiger partial charge in [0, 0.05) is 11.8 Å². The van der Waals surface area contributed by atoms with E-state index in [-0.39, 0.29) is 24.7 Å². The first-order valence-corrected chi connectivity index (χ1v) is 11.1. The molecule has 170 valence electrons. The normalized spacial score (nSPS) is 39.7. The Hall–Kier alpha value is -0.850. The Morgan fingerprint density at radius 3 is 2.43 bits per heavy atom. The Kier molecular flexibility index (Phi) is 6.15. The Morgan fingerprint density at radius 1 is 1.13 bits per heavy atom. The molecule has 3 aliphatic carbocycles. The molecule has 5 nitrogen and oxygen atoms in total. The molecule has 4 aliphatic rings. The van der Waals surface area contributed by atoms with Crippen LogP contribution in [0, 0.1) is 35.5 Å². The predicted molar refractivity (Wildman–Crippen MR) is 101 cm³/mol. The Balaban J connectivity index is 1.58. The van der Waals surface area contributed by atoms with Gasteiger partial charge in [-0.25, -0.2) is 0 Å². The van der Waals surface area contributed by atoms with E-state index in [1.165, 1.54) is 6.42 Å². The molecule has 0 aromatic rings. The van der Waals surface area contributed by atoms with E-state index in [1.54, 1.807) is 0 Å². The summed E-state index contributed by atoms with van der Waals surface area (Å²) in [5.74, 6) is 3.49. The average Bonchev–Trinajstić information content (AvgIpc) is 3.24. The molecule has 30 heavy (non-hydrogen) atoms. The zero-order valence-electron chi connectivity index (χ0n) is 17.3. The highest BCUT2D eigenvalue weighted by Gasteiger charge is 2.78. The Morgan fingerprint density at radius 2 is 1.80 bits per heavy atom. The lowest BCUT2D eigenvalue weighted by Gasteiger charge is -2.68. The molecule has 0 amide bonds. The zero-order valence-corrected chi connectivity index (χ0v) is 17.3. The lowest BCUT2D eigenvalue weighted by Crippen LogP contribution is -2.80. The summed E-state index contributed by atoms with van der Waals surface area (Å²) in [6.45, 7) is 1.06. The molecule has 3 saturated carbocycles. The van der Waals surface area contributed by atoms with Crippen molar-refractivity contribution in [1.29, 1.82) is 0 Å². The van der Waals surface area contributed by atoms with Crippen molar-refractivity contribution in [3.05, 3.63) is 0 Å². The molecule has 1 saturated heterocycles. The first kappa shape index (κ1) is 22.3. The molecule has 2 N–H and O–H groups in total. The number of halogens is 3. The summed E-state index contributed by atoms with van der Waals surface area (Å²) in [6, 6.07) is 0. The fourth-order valence-electron chi connectivity index (χ4n) is 6.24. The quantitative estimate of drug-likeness (QED) is 0.671. The molecular formula is C22H31F3O5. The van der Waals surface area contributed by atoms with E-state index in [2.05, 4.69) is 11.8 Å². The van der Waals surface area contributed by atoms with Gasteiger partial charge in [0.05, 0.1) is 25.2 Å².